The lowest BCUT2D eigenvalue weighted by Gasteiger charge is -2.17. The van der Waals surface area contributed by atoms with Crippen molar-refractivity contribution in [2.45, 2.75) is 45.6 Å². The average Bonchev–Trinajstić information content (AvgIpc) is 2.96. The number of aromatic nitrogens is 3. The van der Waals surface area contributed by atoms with E-state index in [4.69, 9.17) is 4.98 Å². The summed E-state index contributed by atoms with van der Waals surface area (Å²) in [6.45, 7) is 9.68. The number of nitrogens with zero attached hydrogens (tertiary/aromatic N) is 3. The Morgan fingerprint density at radius 3 is 2.65 bits per heavy atom. The molecule has 0 aliphatic rings. The molecule has 2 rings (SSSR count). The van der Waals surface area contributed by atoms with Gasteiger partial charge >= 0.3 is 0 Å². The molecule has 0 aliphatic carbocycles. The second-order valence-corrected chi connectivity index (χ2v) is 7.01. The van der Waals surface area contributed by atoms with Crippen molar-refractivity contribution < 1.29 is 0 Å². The van der Waals surface area contributed by atoms with E-state index in [1.807, 2.05) is 17.9 Å². The van der Waals surface area contributed by atoms with Crippen LogP contribution in [0.4, 0.5) is 0 Å². The third kappa shape index (κ3) is 3.46. The first-order chi connectivity index (χ1) is 9.41. The van der Waals surface area contributed by atoms with Gasteiger partial charge < -0.3 is 5.32 Å². The van der Waals surface area contributed by atoms with Gasteiger partial charge in [0, 0.05) is 30.5 Å². The molecule has 2 aromatic rings. The lowest BCUT2D eigenvalue weighted by atomic mass is 9.93. The Hall–Kier alpha value is -1.20. The molecule has 110 valence electrons. The van der Waals surface area contributed by atoms with Crippen LogP contribution in [-0.4, -0.2) is 21.3 Å². The van der Waals surface area contributed by atoms with Crippen LogP contribution in [0, 0.1) is 0 Å². The molecule has 0 aliphatic heterocycles. The topological polar surface area (TPSA) is 42.7 Å². The molecule has 1 N–H and O–H groups in total. The molecule has 20 heavy (non-hydrogen) atoms. The van der Waals surface area contributed by atoms with E-state index < -0.39 is 0 Å². The van der Waals surface area contributed by atoms with Gasteiger partial charge in [-0.3, -0.25) is 4.68 Å². The molecule has 0 fully saturated rings. The molecular weight excluding hydrogens is 268 g/mol. The van der Waals surface area contributed by atoms with E-state index in [1.165, 1.54) is 16.4 Å². The fourth-order valence-corrected chi connectivity index (χ4v) is 3.25. The van der Waals surface area contributed by atoms with Crippen molar-refractivity contribution in [3.63, 3.8) is 0 Å². The molecule has 2 aromatic heterocycles. The predicted octanol–water partition coefficient (Wildman–Crippen LogP) is 3.07. The Morgan fingerprint density at radius 1 is 1.40 bits per heavy atom. The molecule has 0 bridgehead atoms. The van der Waals surface area contributed by atoms with Crippen LogP contribution in [0.15, 0.2) is 17.6 Å². The summed E-state index contributed by atoms with van der Waals surface area (Å²) in [5, 5.41) is 11.2. The minimum Gasteiger partial charge on any atom is -0.309 e. The highest BCUT2D eigenvalue weighted by atomic mass is 32.1. The van der Waals surface area contributed by atoms with Gasteiger partial charge in [0.1, 0.15) is 0 Å². The Balaban J connectivity index is 2.17. The van der Waals surface area contributed by atoms with Gasteiger partial charge in [-0.15, -0.1) is 11.3 Å². The third-order valence-corrected chi connectivity index (χ3v) is 4.24. The predicted molar refractivity (Wildman–Crippen MR) is 84.1 cm³/mol. The molecule has 0 amide bonds. The SMILES string of the molecule is CCNC(Cc1nc(C(C)(C)C)cs1)c1ccnn1C. The smallest absolute Gasteiger partial charge is 0.0948 e. The summed E-state index contributed by atoms with van der Waals surface area (Å²) in [6, 6.07) is 2.34. The van der Waals surface area contributed by atoms with Crippen LogP contribution >= 0.6 is 11.3 Å². The van der Waals surface area contributed by atoms with E-state index in [1.54, 1.807) is 11.3 Å². The summed E-state index contributed by atoms with van der Waals surface area (Å²) in [4.78, 5) is 4.79. The van der Waals surface area contributed by atoms with Gasteiger partial charge in [0.15, 0.2) is 0 Å². The van der Waals surface area contributed by atoms with Crippen LogP contribution in [-0.2, 0) is 18.9 Å². The lowest BCUT2D eigenvalue weighted by Crippen LogP contribution is -2.25. The second-order valence-electron chi connectivity index (χ2n) is 6.07. The minimum atomic E-state index is 0.120. The van der Waals surface area contributed by atoms with Crippen molar-refractivity contribution in [1.82, 2.24) is 20.1 Å². The molecule has 0 aromatic carbocycles. The quantitative estimate of drug-likeness (QED) is 0.921. The Bertz CT molecular complexity index is 550. The van der Waals surface area contributed by atoms with Crippen molar-refractivity contribution in [3.8, 4) is 0 Å². The Kier molecular flexibility index (Phi) is 4.60. The summed E-state index contributed by atoms with van der Waals surface area (Å²) in [7, 11) is 1.99. The summed E-state index contributed by atoms with van der Waals surface area (Å²) in [5.41, 5.74) is 2.51. The largest absolute Gasteiger partial charge is 0.309 e. The Labute approximate surface area is 125 Å². The maximum Gasteiger partial charge on any atom is 0.0948 e. The molecule has 4 nitrogen and oxygen atoms in total. The first-order valence-electron chi connectivity index (χ1n) is 7.08. The first kappa shape index (κ1) is 15.2. The highest BCUT2D eigenvalue weighted by molar-refractivity contribution is 7.09. The van der Waals surface area contributed by atoms with Gasteiger partial charge in [-0.2, -0.15) is 5.10 Å². The lowest BCUT2D eigenvalue weighted by molar-refractivity contribution is 0.504. The zero-order valence-corrected chi connectivity index (χ0v) is 13.8. The van der Waals surface area contributed by atoms with Gasteiger partial charge in [0.2, 0.25) is 0 Å². The molecule has 2 heterocycles. The van der Waals surface area contributed by atoms with Crippen LogP contribution in [0.3, 0.4) is 0 Å². The van der Waals surface area contributed by atoms with Crippen molar-refractivity contribution in [2.75, 3.05) is 6.54 Å². The van der Waals surface area contributed by atoms with Crippen LogP contribution in [0.25, 0.3) is 0 Å². The van der Waals surface area contributed by atoms with E-state index in [0.29, 0.717) is 0 Å². The van der Waals surface area contributed by atoms with Crippen LogP contribution in [0.5, 0.6) is 0 Å². The van der Waals surface area contributed by atoms with Crippen molar-refractivity contribution in [3.05, 3.63) is 34.0 Å². The maximum atomic E-state index is 4.79. The third-order valence-electron chi connectivity index (χ3n) is 3.37. The van der Waals surface area contributed by atoms with Gasteiger partial charge in [-0.25, -0.2) is 4.98 Å². The number of nitrogens with one attached hydrogen (secondary N) is 1. The average molecular weight is 292 g/mol. The fourth-order valence-electron chi connectivity index (χ4n) is 2.18. The van der Waals surface area contributed by atoms with Crippen molar-refractivity contribution in [2.24, 2.45) is 7.05 Å². The van der Waals surface area contributed by atoms with Crippen LogP contribution in [0.1, 0.15) is 50.1 Å². The summed E-state index contributed by atoms with van der Waals surface area (Å²) in [6.07, 6.45) is 2.76. The van der Waals surface area contributed by atoms with Gasteiger partial charge in [-0.05, 0) is 12.6 Å². The number of likely N-dealkylation sites (N-methyl/N-ethyl adjacent to an activating group) is 1. The van der Waals surface area contributed by atoms with Gasteiger partial charge in [0.25, 0.3) is 0 Å². The zero-order valence-electron chi connectivity index (χ0n) is 13.0. The van der Waals surface area contributed by atoms with E-state index in [-0.39, 0.29) is 11.5 Å². The van der Waals surface area contributed by atoms with Crippen molar-refractivity contribution >= 4 is 11.3 Å². The highest BCUT2D eigenvalue weighted by Gasteiger charge is 2.20. The standard InChI is InChI=1S/C15H24N4S/c1-6-16-11(12-7-8-17-19(12)5)9-14-18-13(10-20-14)15(2,3)4/h7-8,10-11,16H,6,9H2,1-5H3. The monoisotopic (exact) mass is 292 g/mol. The van der Waals surface area contributed by atoms with Gasteiger partial charge in [-0.1, -0.05) is 27.7 Å². The first-order valence-corrected chi connectivity index (χ1v) is 7.96. The summed E-state index contributed by atoms with van der Waals surface area (Å²) < 4.78 is 1.94. The Morgan fingerprint density at radius 2 is 2.15 bits per heavy atom. The number of hydrogen-bond acceptors (Lipinski definition) is 4. The molecule has 0 saturated carbocycles. The number of aryl methyl sites for hydroxylation is 1. The fraction of sp³-hybridized carbons (Fsp3) is 0.600. The normalized spacial score (nSPS) is 13.7. The van der Waals surface area contributed by atoms with Gasteiger partial charge in [0.05, 0.1) is 22.4 Å². The van der Waals surface area contributed by atoms with Crippen LogP contribution < -0.4 is 5.32 Å². The van der Waals surface area contributed by atoms with E-state index in [2.05, 4.69) is 49.6 Å². The summed E-state index contributed by atoms with van der Waals surface area (Å²) in [5.74, 6) is 0. The highest BCUT2D eigenvalue weighted by Crippen LogP contribution is 2.26. The molecule has 5 heteroatoms. The van der Waals surface area contributed by atoms with E-state index >= 15 is 0 Å². The van der Waals surface area contributed by atoms with Crippen molar-refractivity contribution in [1.29, 1.82) is 0 Å². The molecule has 1 atom stereocenters. The number of hydrogen-bond donors (Lipinski definition) is 1. The molecular formula is C15H24N4S. The summed E-state index contributed by atoms with van der Waals surface area (Å²) >= 11 is 1.75. The number of rotatable bonds is 5. The zero-order chi connectivity index (χ0) is 14.8. The minimum absolute atomic E-state index is 0.120. The molecule has 0 saturated heterocycles. The molecule has 0 radical (unpaired) electrons. The molecule has 0 spiro atoms. The van der Waals surface area contributed by atoms with Crippen LogP contribution in [0.2, 0.25) is 0 Å². The van der Waals surface area contributed by atoms with E-state index in [9.17, 15) is 0 Å². The molecule has 1 unspecified atom stereocenters. The number of thiazole rings is 1. The van der Waals surface area contributed by atoms with E-state index in [0.717, 1.165) is 13.0 Å². The maximum absolute atomic E-state index is 4.79. The second kappa shape index (κ2) is 6.06.